The highest BCUT2D eigenvalue weighted by Crippen LogP contribution is 2.37. The average Bonchev–Trinajstić information content (AvgIpc) is 2.49. The van der Waals surface area contributed by atoms with Crippen LogP contribution in [0.4, 0.5) is 0 Å². The Labute approximate surface area is 116 Å². The number of rotatable bonds is 3. The van der Waals surface area contributed by atoms with Crippen LogP contribution in [0.3, 0.4) is 0 Å². The van der Waals surface area contributed by atoms with Gasteiger partial charge in [0.2, 0.25) is 0 Å². The fourth-order valence-electron chi connectivity index (χ4n) is 3.68. The second-order valence-corrected chi connectivity index (χ2v) is 5.94. The molecule has 0 unspecified atom stereocenters. The van der Waals surface area contributed by atoms with Gasteiger partial charge in [-0.3, -0.25) is 0 Å². The predicted molar refractivity (Wildman–Crippen MR) is 83.8 cm³/mol. The first-order valence-corrected chi connectivity index (χ1v) is 7.90. The van der Waals surface area contributed by atoms with Crippen molar-refractivity contribution >= 4 is 10.8 Å². The summed E-state index contributed by atoms with van der Waals surface area (Å²) in [5, 5.41) is 2.90. The van der Waals surface area contributed by atoms with Gasteiger partial charge in [-0.05, 0) is 47.1 Å². The second kappa shape index (κ2) is 5.77. The van der Waals surface area contributed by atoms with E-state index in [1.807, 2.05) is 0 Å². The molecule has 0 spiro atoms. The van der Waals surface area contributed by atoms with Crippen LogP contribution >= 0.6 is 0 Å². The molecule has 0 saturated heterocycles. The van der Waals surface area contributed by atoms with Gasteiger partial charge in [0.05, 0.1) is 0 Å². The van der Waals surface area contributed by atoms with Gasteiger partial charge in [-0.2, -0.15) is 0 Å². The van der Waals surface area contributed by atoms with Crippen LogP contribution in [0, 0.1) is 0 Å². The molecular weight excluding hydrogens is 228 g/mol. The van der Waals surface area contributed by atoms with Gasteiger partial charge >= 0.3 is 0 Å². The molecular formula is C19H24. The third-order valence-electron chi connectivity index (χ3n) is 4.62. The van der Waals surface area contributed by atoms with Crippen molar-refractivity contribution in [1.29, 1.82) is 0 Å². The first-order chi connectivity index (χ1) is 9.40. The monoisotopic (exact) mass is 252 g/mol. The number of benzene rings is 2. The van der Waals surface area contributed by atoms with Crippen molar-refractivity contribution in [1.82, 2.24) is 0 Å². The molecule has 0 heteroatoms. The van der Waals surface area contributed by atoms with Crippen LogP contribution in [0.15, 0.2) is 36.4 Å². The SMILES string of the molecule is CCCc1c(C2CCCCC2)ccc2ccccc12. The molecule has 1 aliphatic carbocycles. The van der Waals surface area contributed by atoms with E-state index in [1.165, 1.54) is 55.7 Å². The van der Waals surface area contributed by atoms with Crippen molar-refractivity contribution in [3.63, 3.8) is 0 Å². The molecule has 0 nitrogen and oxygen atoms in total. The van der Waals surface area contributed by atoms with E-state index in [1.54, 1.807) is 11.1 Å². The maximum Gasteiger partial charge on any atom is -0.0149 e. The van der Waals surface area contributed by atoms with Crippen molar-refractivity contribution in [2.75, 3.05) is 0 Å². The summed E-state index contributed by atoms with van der Waals surface area (Å²) in [5.74, 6) is 0.819. The molecule has 1 fully saturated rings. The summed E-state index contributed by atoms with van der Waals surface area (Å²) in [6, 6.07) is 13.7. The van der Waals surface area contributed by atoms with Gasteiger partial charge in [0.15, 0.2) is 0 Å². The Kier molecular flexibility index (Phi) is 3.87. The first kappa shape index (κ1) is 12.7. The molecule has 0 heterocycles. The topological polar surface area (TPSA) is 0 Å². The van der Waals surface area contributed by atoms with E-state index in [0.29, 0.717) is 0 Å². The fraction of sp³-hybridized carbons (Fsp3) is 0.474. The van der Waals surface area contributed by atoms with Crippen LogP contribution in [0.5, 0.6) is 0 Å². The molecule has 3 rings (SSSR count). The minimum atomic E-state index is 0.819. The van der Waals surface area contributed by atoms with Crippen LogP contribution in [0.2, 0.25) is 0 Å². The molecule has 0 aliphatic heterocycles. The smallest absolute Gasteiger partial charge is 0.0149 e. The van der Waals surface area contributed by atoms with E-state index in [4.69, 9.17) is 0 Å². The van der Waals surface area contributed by atoms with E-state index in [-0.39, 0.29) is 0 Å². The van der Waals surface area contributed by atoms with Gasteiger partial charge in [0.1, 0.15) is 0 Å². The van der Waals surface area contributed by atoms with Crippen molar-refractivity contribution in [2.24, 2.45) is 0 Å². The Bertz CT molecular complexity index is 547. The lowest BCUT2D eigenvalue weighted by Gasteiger charge is -2.25. The molecule has 2 aromatic rings. The third-order valence-corrected chi connectivity index (χ3v) is 4.62. The quantitative estimate of drug-likeness (QED) is 0.643. The number of hydrogen-bond acceptors (Lipinski definition) is 0. The van der Waals surface area contributed by atoms with Crippen LogP contribution in [0.1, 0.15) is 62.5 Å². The second-order valence-electron chi connectivity index (χ2n) is 5.94. The Morgan fingerprint density at radius 3 is 2.53 bits per heavy atom. The summed E-state index contributed by atoms with van der Waals surface area (Å²) in [7, 11) is 0. The Hall–Kier alpha value is -1.30. The molecule has 0 atom stereocenters. The first-order valence-electron chi connectivity index (χ1n) is 7.90. The van der Waals surface area contributed by atoms with Crippen LogP contribution < -0.4 is 0 Å². The lowest BCUT2D eigenvalue weighted by molar-refractivity contribution is 0.442. The number of hydrogen-bond donors (Lipinski definition) is 0. The lowest BCUT2D eigenvalue weighted by Crippen LogP contribution is -2.08. The molecule has 2 aromatic carbocycles. The molecule has 0 aromatic heterocycles. The summed E-state index contributed by atoms with van der Waals surface area (Å²) in [4.78, 5) is 0. The standard InChI is InChI=1S/C19H24/c1-2-8-19-17-12-7-6-11-16(17)13-14-18(19)15-9-4-3-5-10-15/h6-7,11-15H,2-5,8-10H2,1H3. The van der Waals surface area contributed by atoms with E-state index < -0.39 is 0 Å². The molecule has 1 saturated carbocycles. The van der Waals surface area contributed by atoms with Crippen molar-refractivity contribution in [3.05, 3.63) is 47.5 Å². The van der Waals surface area contributed by atoms with Gasteiger partial charge in [-0.15, -0.1) is 0 Å². The van der Waals surface area contributed by atoms with Crippen LogP contribution in [-0.2, 0) is 6.42 Å². The summed E-state index contributed by atoms with van der Waals surface area (Å²) < 4.78 is 0. The lowest BCUT2D eigenvalue weighted by atomic mass is 9.80. The summed E-state index contributed by atoms with van der Waals surface area (Å²) in [5.41, 5.74) is 3.28. The van der Waals surface area contributed by atoms with Gasteiger partial charge in [0, 0.05) is 0 Å². The minimum absolute atomic E-state index is 0.819. The third kappa shape index (κ3) is 2.54. The highest BCUT2D eigenvalue weighted by atomic mass is 14.2. The zero-order valence-corrected chi connectivity index (χ0v) is 12.0. The Morgan fingerprint density at radius 2 is 1.74 bits per heavy atom. The maximum atomic E-state index is 2.42. The zero-order chi connectivity index (χ0) is 13.1. The number of fused-ring (bicyclic) bond motifs is 1. The largest absolute Gasteiger partial charge is 0.0651 e. The van der Waals surface area contributed by atoms with E-state index >= 15 is 0 Å². The van der Waals surface area contributed by atoms with E-state index in [0.717, 1.165) is 5.92 Å². The molecule has 19 heavy (non-hydrogen) atoms. The van der Waals surface area contributed by atoms with Crippen LogP contribution in [0.25, 0.3) is 10.8 Å². The van der Waals surface area contributed by atoms with Gasteiger partial charge in [0.25, 0.3) is 0 Å². The molecule has 0 bridgehead atoms. The number of aryl methyl sites for hydroxylation is 1. The van der Waals surface area contributed by atoms with Gasteiger partial charge in [-0.1, -0.05) is 69.0 Å². The van der Waals surface area contributed by atoms with Gasteiger partial charge in [-0.25, -0.2) is 0 Å². The normalized spacial score (nSPS) is 16.9. The van der Waals surface area contributed by atoms with Crippen molar-refractivity contribution in [2.45, 2.75) is 57.8 Å². The molecule has 0 amide bonds. The van der Waals surface area contributed by atoms with Crippen molar-refractivity contribution < 1.29 is 0 Å². The minimum Gasteiger partial charge on any atom is -0.0651 e. The predicted octanol–water partition coefficient (Wildman–Crippen LogP) is 5.84. The highest BCUT2D eigenvalue weighted by Gasteiger charge is 2.19. The Morgan fingerprint density at radius 1 is 0.947 bits per heavy atom. The van der Waals surface area contributed by atoms with Crippen molar-refractivity contribution in [3.8, 4) is 0 Å². The van der Waals surface area contributed by atoms with Crippen LogP contribution in [-0.4, -0.2) is 0 Å². The summed E-state index contributed by atoms with van der Waals surface area (Å²) >= 11 is 0. The van der Waals surface area contributed by atoms with E-state index in [9.17, 15) is 0 Å². The fourth-order valence-corrected chi connectivity index (χ4v) is 3.68. The molecule has 0 radical (unpaired) electrons. The molecule has 100 valence electrons. The van der Waals surface area contributed by atoms with Gasteiger partial charge < -0.3 is 0 Å². The highest BCUT2D eigenvalue weighted by molar-refractivity contribution is 5.87. The summed E-state index contributed by atoms with van der Waals surface area (Å²) in [6.45, 7) is 2.30. The maximum absolute atomic E-state index is 2.42. The average molecular weight is 252 g/mol. The molecule has 1 aliphatic rings. The Balaban J connectivity index is 2.09. The molecule has 0 N–H and O–H groups in total. The summed E-state index contributed by atoms with van der Waals surface area (Å²) in [6.07, 6.45) is 9.55. The van der Waals surface area contributed by atoms with E-state index in [2.05, 4.69) is 43.3 Å². The zero-order valence-electron chi connectivity index (χ0n) is 12.0.